The second kappa shape index (κ2) is 9.40. The molecule has 0 saturated carbocycles. The first-order valence-electron chi connectivity index (χ1n) is 9.39. The molecule has 0 amide bonds. The second-order valence-corrected chi connectivity index (χ2v) is 6.87. The summed E-state index contributed by atoms with van der Waals surface area (Å²) in [6.45, 7) is 5.11. The lowest BCUT2D eigenvalue weighted by Gasteiger charge is -2.35. The zero-order chi connectivity index (χ0) is 21.7. The van der Waals surface area contributed by atoms with Crippen LogP contribution >= 0.6 is 0 Å². The highest BCUT2D eigenvalue weighted by atomic mass is 19.1. The van der Waals surface area contributed by atoms with E-state index in [1.54, 1.807) is 18.3 Å². The Morgan fingerprint density at radius 1 is 1.30 bits per heavy atom. The van der Waals surface area contributed by atoms with Gasteiger partial charge in [0, 0.05) is 42.7 Å². The number of ether oxygens (including phenoxy) is 2. The van der Waals surface area contributed by atoms with E-state index in [4.69, 9.17) is 20.6 Å². The van der Waals surface area contributed by atoms with Gasteiger partial charge in [-0.05, 0) is 26.0 Å². The van der Waals surface area contributed by atoms with Crippen LogP contribution in [0.5, 0.6) is 5.88 Å². The number of aromatic nitrogens is 3. The summed E-state index contributed by atoms with van der Waals surface area (Å²) >= 11 is 0. The average Bonchev–Trinajstić information content (AvgIpc) is 2.73. The van der Waals surface area contributed by atoms with E-state index in [-0.39, 0.29) is 23.9 Å². The van der Waals surface area contributed by atoms with Gasteiger partial charge in [-0.2, -0.15) is 4.98 Å². The van der Waals surface area contributed by atoms with Gasteiger partial charge in [-0.25, -0.2) is 19.4 Å². The first-order valence-corrected chi connectivity index (χ1v) is 9.39. The maximum absolute atomic E-state index is 14.3. The lowest BCUT2D eigenvalue weighted by molar-refractivity contribution is -0.00572. The van der Waals surface area contributed by atoms with E-state index in [2.05, 4.69) is 19.9 Å². The van der Waals surface area contributed by atoms with Crippen LogP contribution in [0.1, 0.15) is 19.4 Å². The molecule has 0 aromatic carbocycles. The number of hydrogen-bond donors (Lipinski definition) is 2. The summed E-state index contributed by atoms with van der Waals surface area (Å²) in [5.74, 6) is -0.0473. The molecule has 0 radical (unpaired) electrons. The fraction of sp³-hybridized carbons (Fsp3) is 0.350. The molecule has 10 heteroatoms. The Labute approximate surface area is 174 Å². The molecule has 1 saturated heterocycles. The highest BCUT2D eigenvalue weighted by molar-refractivity contribution is 6.15. The third-order valence-corrected chi connectivity index (χ3v) is 4.39. The van der Waals surface area contributed by atoms with Gasteiger partial charge in [0.1, 0.15) is 5.84 Å². The molecule has 3 rings (SSSR count). The lowest BCUT2D eigenvalue weighted by atomic mass is 10.1. The summed E-state index contributed by atoms with van der Waals surface area (Å²) in [5, 5.41) is 7.64. The quantitative estimate of drug-likeness (QED) is 0.550. The van der Waals surface area contributed by atoms with Gasteiger partial charge in [-0.3, -0.25) is 0 Å². The topological polar surface area (TPSA) is 123 Å². The van der Waals surface area contributed by atoms with E-state index in [1.165, 1.54) is 13.2 Å². The highest BCUT2D eigenvalue weighted by Gasteiger charge is 2.24. The number of nitrogens with zero attached hydrogens (tertiary/aromatic N) is 5. The van der Waals surface area contributed by atoms with E-state index < -0.39 is 5.82 Å². The molecule has 1 fully saturated rings. The maximum atomic E-state index is 14.3. The molecule has 0 bridgehead atoms. The number of amidine groups is 1. The van der Waals surface area contributed by atoms with Crippen molar-refractivity contribution < 1.29 is 13.9 Å². The van der Waals surface area contributed by atoms with Crippen molar-refractivity contribution >= 4 is 29.4 Å². The number of anilines is 1. The van der Waals surface area contributed by atoms with Crippen LogP contribution in [0, 0.1) is 11.2 Å². The predicted octanol–water partition coefficient (Wildman–Crippen LogP) is 2.35. The Morgan fingerprint density at radius 2 is 2.03 bits per heavy atom. The standard InChI is InChI=1S/C20H24FN7O2/c1-12-10-28(11-13(2)30-12)20-25-9-16(21)19(27-20)26-17(23)6-15(7-22)14-4-5-18(29-3)24-8-14/h4-9,12-13,22H,10-11H2,1-3H3,(H2,23,25,26,27)/b15-6+,22-7?/t12-,13+. The Balaban J connectivity index is 1.87. The molecular weight excluding hydrogens is 389 g/mol. The van der Waals surface area contributed by atoms with Crippen LogP contribution in [-0.4, -0.2) is 59.4 Å². The maximum Gasteiger partial charge on any atom is 0.227 e. The number of nitrogens with two attached hydrogens (primary N) is 1. The van der Waals surface area contributed by atoms with Gasteiger partial charge in [0.05, 0.1) is 25.5 Å². The average molecular weight is 413 g/mol. The number of methoxy groups -OCH3 is 1. The number of hydrogen-bond acceptors (Lipinski definition) is 8. The largest absolute Gasteiger partial charge is 0.481 e. The van der Waals surface area contributed by atoms with Gasteiger partial charge < -0.3 is 25.5 Å². The third-order valence-electron chi connectivity index (χ3n) is 4.39. The summed E-state index contributed by atoms with van der Waals surface area (Å²) < 4.78 is 25.0. The molecule has 0 aliphatic carbocycles. The van der Waals surface area contributed by atoms with E-state index in [1.807, 2.05) is 18.7 Å². The van der Waals surface area contributed by atoms with E-state index >= 15 is 0 Å². The van der Waals surface area contributed by atoms with Crippen LogP contribution in [0.2, 0.25) is 0 Å². The monoisotopic (exact) mass is 413 g/mol. The Morgan fingerprint density at radius 3 is 2.63 bits per heavy atom. The molecule has 9 nitrogen and oxygen atoms in total. The normalized spacial score (nSPS) is 20.2. The van der Waals surface area contributed by atoms with Crippen molar-refractivity contribution in [2.45, 2.75) is 26.1 Å². The first kappa shape index (κ1) is 21.3. The summed E-state index contributed by atoms with van der Waals surface area (Å²) in [5.41, 5.74) is 7.08. The van der Waals surface area contributed by atoms with Gasteiger partial charge in [0.15, 0.2) is 11.6 Å². The van der Waals surface area contributed by atoms with Crippen LogP contribution in [0.3, 0.4) is 0 Å². The van der Waals surface area contributed by atoms with Gasteiger partial charge in [-0.15, -0.1) is 0 Å². The van der Waals surface area contributed by atoms with Crippen molar-refractivity contribution in [1.29, 1.82) is 5.41 Å². The van der Waals surface area contributed by atoms with Crippen LogP contribution in [-0.2, 0) is 4.74 Å². The van der Waals surface area contributed by atoms with E-state index in [9.17, 15) is 4.39 Å². The van der Waals surface area contributed by atoms with Crippen molar-refractivity contribution in [2.24, 2.45) is 10.7 Å². The van der Waals surface area contributed by atoms with Crippen molar-refractivity contribution in [3.63, 3.8) is 0 Å². The molecule has 3 heterocycles. The van der Waals surface area contributed by atoms with Crippen molar-refractivity contribution in [3.05, 3.63) is 42.0 Å². The minimum absolute atomic E-state index is 0.00317. The molecule has 0 unspecified atom stereocenters. The minimum atomic E-state index is -0.688. The summed E-state index contributed by atoms with van der Waals surface area (Å²) in [7, 11) is 1.52. The van der Waals surface area contributed by atoms with Crippen LogP contribution < -0.4 is 15.4 Å². The van der Waals surface area contributed by atoms with Crippen molar-refractivity contribution in [3.8, 4) is 5.88 Å². The van der Waals surface area contributed by atoms with E-state index in [0.29, 0.717) is 36.1 Å². The number of nitrogens with one attached hydrogen (secondary N) is 1. The summed E-state index contributed by atoms with van der Waals surface area (Å²) in [4.78, 5) is 18.4. The molecule has 2 aromatic heterocycles. The summed E-state index contributed by atoms with van der Waals surface area (Å²) in [6.07, 6.45) is 5.22. The number of halogens is 1. The fourth-order valence-corrected chi connectivity index (χ4v) is 3.12. The third kappa shape index (κ3) is 5.15. The number of aliphatic imine (C=N–C) groups is 1. The van der Waals surface area contributed by atoms with Gasteiger partial charge in [0.2, 0.25) is 11.8 Å². The highest BCUT2D eigenvalue weighted by Crippen LogP contribution is 2.22. The molecule has 0 spiro atoms. The number of rotatable bonds is 6. The smallest absolute Gasteiger partial charge is 0.227 e. The Bertz CT molecular complexity index is 952. The molecule has 2 atom stereocenters. The summed E-state index contributed by atoms with van der Waals surface area (Å²) in [6, 6.07) is 3.40. The lowest BCUT2D eigenvalue weighted by Crippen LogP contribution is -2.46. The number of allylic oxidation sites excluding steroid dienone is 1. The molecule has 1 aliphatic heterocycles. The zero-order valence-electron chi connectivity index (χ0n) is 17.0. The number of pyridine rings is 1. The Hall–Kier alpha value is -3.40. The Kier molecular flexibility index (Phi) is 6.68. The minimum Gasteiger partial charge on any atom is -0.481 e. The molecule has 1 aliphatic rings. The van der Waals surface area contributed by atoms with Crippen LogP contribution in [0.15, 0.2) is 35.6 Å². The first-order chi connectivity index (χ1) is 14.4. The molecule has 2 aromatic rings. The van der Waals surface area contributed by atoms with E-state index in [0.717, 1.165) is 12.4 Å². The predicted molar refractivity (Wildman–Crippen MR) is 113 cm³/mol. The number of morpholine rings is 1. The molecule has 3 N–H and O–H groups in total. The van der Waals surface area contributed by atoms with Crippen molar-refractivity contribution in [2.75, 3.05) is 25.1 Å². The SMILES string of the molecule is COc1ccc(/C(C=N)=C/C(N)=Nc2nc(N3C[C@@H](C)O[C@@H](C)C3)ncc2F)cn1. The zero-order valence-corrected chi connectivity index (χ0v) is 17.0. The van der Waals surface area contributed by atoms with Gasteiger partial charge >= 0.3 is 0 Å². The van der Waals surface area contributed by atoms with Crippen LogP contribution in [0.25, 0.3) is 5.57 Å². The van der Waals surface area contributed by atoms with Gasteiger partial charge in [0.25, 0.3) is 0 Å². The van der Waals surface area contributed by atoms with Gasteiger partial charge in [-0.1, -0.05) is 0 Å². The molecule has 158 valence electrons. The molecule has 30 heavy (non-hydrogen) atoms. The fourth-order valence-electron chi connectivity index (χ4n) is 3.12. The van der Waals surface area contributed by atoms with Crippen molar-refractivity contribution in [1.82, 2.24) is 15.0 Å². The van der Waals surface area contributed by atoms with Crippen LogP contribution in [0.4, 0.5) is 16.2 Å². The second-order valence-electron chi connectivity index (χ2n) is 6.87. The molecular formula is C20H24FN7O2.